The second-order valence-corrected chi connectivity index (χ2v) is 5.66. The van der Waals surface area contributed by atoms with Crippen LogP contribution in [0.5, 0.6) is 5.75 Å². The van der Waals surface area contributed by atoms with Crippen molar-refractivity contribution in [2.75, 3.05) is 13.2 Å². The summed E-state index contributed by atoms with van der Waals surface area (Å²) in [4.78, 5) is 16.4. The third kappa shape index (κ3) is 4.82. The van der Waals surface area contributed by atoms with Crippen molar-refractivity contribution in [1.82, 2.24) is 10.3 Å². The van der Waals surface area contributed by atoms with Gasteiger partial charge < -0.3 is 15.2 Å². The molecule has 1 amide bonds. The first-order valence-electron chi connectivity index (χ1n) is 7.24. The number of carbonyl (C=O) groups is 1. The average Bonchev–Trinajstić information content (AvgIpc) is 2.99. The van der Waals surface area contributed by atoms with E-state index < -0.39 is 0 Å². The number of para-hydroxylation sites is 1. The summed E-state index contributed by atoms with van der Waals surface area (Å²) in [6.07, 6.45) is 1.18. The zero-order valence-corrected chi connectivity index (χ0v) is 13.4. The molecule has 0 aliphatic carbocycles. The number of rotatable bonds is 8. The maximum atomic E-state index is 12.0. The zero-order valence-electron chi connectivity index (χ0n) is 12.5. The molecule has 0 aliphatic heterocycles. The van der Waals surface area contributed by atoms with Crippen molar-refractivity contribution < 1.29 is 14.6 Å². The number of ether oxygens (including phenoxy) is 1. The van der Waals surface area contributed by atoms with Gasteiger partial charge in [0.25, 0.3) is 0 Å². The number of aliphatic hydroxyl groups excluding tert-OH is 1. The second kappa shape index (κ2) is 8.51. The second-order valence-electron chi connectivity index (χ2n) is 4.72. The first-order chi connectivity index (χ1) is 10.7. The smallest absolute Gasteiger partial charge is 0.226 e. The lowest BCUT2D eigenvalue weighted by molar-refractivity contribution is -0.120. The quantitative estimate of drug-likeness (QED) is 0.780. The topological polar surface area (TPSA) is 71.5 Å². The first-order valence-corrected chi connectivity index (χ1v) is 8.12. The van der Waals surface area contributed by atoms with Gasteiger partial charge in [-0.05, 0) is 12.5 Å². The van der Waals surface area contributed by atoms with Crippen molar-refractivity contribution in [3.63, 3.8) is 0 Å². The molecule has 0 fully saturated rings. The molecule has 0 atom stereocenters. The number of benzene rings is 1. The van der Waals surface area contributed by atoms with Crippen LogP contribution in [0, 0.1) is 0 Å². The lowest BCUT2D eigenvalue weighted by Crippen LogP contribution is -2.25. The standard InChI is InChI=1S/C16H20N2O3S/c1-2-16-18-13(11-22-16)9-15(20)17-10-12-5-3-4-6-14(12)21-8-7-19/h3-6,11,19H,2,7-10H2,1H3,(H,17,20). The van der Waals surface area contributed by atoms with Crippen LogP contribution in [0.3, 0.4) is 0 Å². The summed E-state index contributed by atoms with van der Waals surface area (Å²) in [6, 6.07) is 7.47. The maximum absolute atomic E-state index is 12.0. The molecule has 6 heteroatoms. The van der Waals surface area contributed by atoms with Gasteiger partial charge in [-0.25, -0.2) is 4.98 Å². The Labute approximate surface area is 134 Å². The van der Waals surface area contributed by atoms with Crippen LogP contribution >= 0.6 is 11.3 Å². The highest BCUT2D eigenvalue weighted by Gasteiger charge is 2.09. The number of thiazole rings is 1. The Morgan fingerprint density at radius 3 is 2.95 bits per heavy atom. The number of aromatic nitrogens is 1. The van der Waals surface area contributed by atoms with Crippen molar-refractivity contribution in [3.8, 4) is 5.75 Å². The summed E-state index contributed by atoms with van der Waals surface area (Å²) < 4.78 is 5.44. The van der Waals surface area contributed by atoms with Gasteiger partial charge in [0, 0.05) is 17.5 Å². The number of aryl methyl sites for hydroxylation is 1. The summed E-state index contributed by atoms with van der Waals surface area (Å²) in [5.41, 5.74) is 1.70. The zero-order chi connectivity index (χ0) is 15.8. The highest BCUT2D eigenvalue weighted by atomic mass is 32.1. The molecule has 0 bridgehead atoms. The van der Waals surface area contributed by atoms with E-state index in [0.717, 1.165) is 22.7 Å². The van der Waals surface area contributed by atoms with Crippen LogP contribution in [0.2, 0.25) is 0 Å². The molecular weight excluding hydrogens is 300 g/mol. The van der Waals surface area contributed by atoms with Gasteiger partial charge in [0.2, 0.25) is 5.91 Å². The van der Waals surface area contributed by atoms with Gasteiger partial charge in [0.1, 0.15) is 12.4 Å². The summed E-state index contributed by atoms with van der Waals surface area (Å²) in [6.45, 7) is 2.64. The van der Waals surface area contributed by atoms with Crippen molar-refractivity contribution in [3.05, 3.63) is 45.9 Å². The van der Waals surface area contributed by atoms with Crippen molar-refractivity contribution in [2.45, 2.75) is 26.3 Å². The largest absolute Gasteiger partial charge is 0.491 e. The first kappa shape index (κ1) is 16.5. The van der Waals surface area contributed by atoms with Crippen LogP contribution in [0.1, 0.15) is 23.2 Å². The third-order valence-corrected chi connectivity index (χ3v) is 4.08. The molecule has 1 aromatic carbocycles. The molecule has 1 heterocycles. The third-order valence-electron chi connectivity index (χ3n) is 3.04. The van der Waals surface area contributed by atoms with E-state index in [0.29, 0.717) is 12.3 Å². The Morgan fingerprint density at radius 1 is 1.41 bits per heavy atom. The van der Waals surface area contributed by atoms with Crippen LogP contribution in [-0.2, 0) is 24.2 Å². The molecule has 2 aromatic rings. The molecular formula is C16H20N2O3S. The fraction of sp³-hybridized carbons (Fsp3) is 0.375. The Balaban J connectivity index is 1.88. The minimum absolute atomic E-state index is 0.0374. The van der Waals surface area contributed by atoms with Crippen LogP contribution in [-0.4, -0.2) is 29.2 Å². The van der Waals surface area contributed by atoms with Crippen LogP contribution in [0.4, 0.5) is 0 Å². The summed E-state index contributed by atoms with van der Waals surface area (Å²) in [5.74, 6) is 0.615. The SMILES string of the molecule is CCc1nc(CC(=O)NCc2ccccc2OCCO)cs1. The van der Waals surface area contributed by atoms with Crippen LogP contribution < -0.4 is 10.1 Å². The van der Waals surface area contributed by atoms with Gasteiger partial charge >= 0.3 is 0 Å². The van der Waals surface area contributed by atoms with E-state index in [9.17, 15) is 4.79 Å². The Morgan fingerprint density at radius 2 is 2.23 bits per heavy atom. The normalized spacial score (nSPS) is 10.5. The molecule has 0 radical (unpaired) electrons. The number of nitrogens with one attached hydrogen (secondary N) is 1. The molecule has 2 rings (SSSR count). The Hall–Kier alpha value is -1.92. The molecule has 2 N–H and O–H groups in total. The number of aliphatic hydroxyl groups is 1. The van der Waals surface area contributed by atoms with Gasteiger partial charge in [-0.2, -0.15) is 0 Å². The molecule has 118 valence electrons. The van der Waals surface area contributed by atoms with Gasteiger partial charge in [-0.3, -0.25) is 4.79 Å². The van der Waals surface area contributed by atoms with E-state index in [1.165, 1.54) is 0 Å². The fourth-order valence-corrected chi connectivity index (χ4v) is 2.70. The van der Waals surface area contributed by atoms with Crippen LogP contribution in [0.25, 0.3) is 0 Å². The highest BCUT2D eigenvalue weighted by Crippen LogP contribution is 2.17. The fourth-order valence-electron chi connectivity index (χ4n) is 1.96. The van der Waals surface area contributed by atoms with Gasteiger partial charge in [0.15, 0.2) is 0 Å². The van der Waals surface area contributed by atoms with E-state index in [1.54, 1.807) is 11.3 Å². The molecule has 1 aromatic heterocycles. The molecule has 0 unspecified atom stereocenters. The predicted octanol–water partition coefficient (Wildman–Crippen LogP) is 1.94. The summed E-state index contributed by atoms with van der Waals surface area (Å²) in [5, 5.41) is 14.7. The lowest BCUT2D eigenvalue weighted by Gasteiger charge is -2.11. The molecule has 0 saturated heterocycles. The Bertz CT molecular complexity index is 613. The molecule has 0 aliphatic rings. The number of hydrogen-bond acceptors (Lipinski definition) is 5. The number of hydrogen-bond donors (Lipinski definition) is 2. The summed E-state index contributed by atoms with van der Waals surface area (Å²) >= 11 is 1.58. The van der Waals surface area contributed by atoms with E-state index in [2.05, 4.69) is 10.3 Å². The van der Waals surface area contributed by atoms with Crippen molar-refractivity contribution in [2.24, 2.45) is 0 Å². The van der Waals surface area contributed by atoms with Crippen molar-refractivity contribution >= 4 is 17.2 Å². The van der Waals surface area contributed by atoms with E-state index in [-0.39, 0.29) is 25.5 Å². The summed E-state index contributed by atoms with van der Waals surface area (Å²) in [7, 11) is 0. The van der Waals surface area contributed by atoms with Crippen LogP contribution in [0.15, 0.2) is 29.6 Å². The number of carbonyl (C=O) groups excluding carboxylic acids is 1. The minimum Gasteiger partial charge on any atom is -0.491 e. The van der Waals surface area contributed by atoms with Gasteiger partial charge in [0.05, 0.1) is 23.7 Å². The van der Waals surface area contributed by atoms with Gasteiger partial charge in [-0.1, -0.05) is 25.1 Å². The molecule has 22 heavy (non-hydrogen) atoms. The minimum atomic E-state index is -0.0649. The molecule has 0 spiro atoms. The van der Waals surface area contributed by atoms with E-state index in [1.807, 2.05) is 36.6 Å². The van der Waals surface area contributed by atoms with E-state index in [4.69, 9.17) is 9.84 Å². The van der Waals surface area contributed by atoms with Crippen molar-refractivity contribution in [1.29, 1.82) is 0 Å². The Kier molecular flexibility index (Phi) is 6.36. The average molecular weight is 320 g/mol. The molecule has 5 nitrogen and oxygen atoms in total. The highest BCUT2D eigenvalue weighted by molar-refractivity contribution is 7.09. The number of amides is 1. The lowest BCUT2D eigenvalue weighted by atomic mass is 10.2. The molecule has 0 saturated carbocycles. The monoisotopic (exact) mass is 320 g/mol. The predicted molar refractivity (Wildman–Crippen MR) is 86.1 cm³/mol. The van der Waals surface area contributed by atoms with E-state index >= 15 is 0 Å². The van der Waals surface area contributed by atoms with Gasteiger partial charge in [-0.15, -0.1) is 11.3 Å². The number of nitrogens with zero attached hydrogens (tertiary/aromatic N) is 1. The maximum Gasteiger partial charge on any atom is 0.226 e.